The lowest BCUT2D eigenvalue weighted by atomic mass is 10.1. The number of rotatable bonds is 2. The average Bonchev–Trinajstić information content (AvgIpc) is 2.52. The third-order valence-electron chi connectivity index (χ3n) is 3.27. The molecule has 0 saturated heterocycles. The van der Waals surface area contributed by atoms with Crippen LogP contribution in [0.5, 0.6) is 0 Å². The molecule has 0 atom stereocenters. The van der Waals surface area contributed by atoms with Crippen molar-refractivity contribution in [1.82, 2.24) is 0 Å². The standard InChI is InChI=1S/C9H8BrF3.C9H9F3O/c1-6-2-7(5-10)4-8(3-6)9(11,12)13;1-6-2-7(5-13)4-8(3-6)9(10,11)12/h2-4H,5H2,1H3;2-4,13H,5H2,1H3. The van der Waals surface area contributed by atoms with Gasteiger partial charge in [0, 0.05) is 5.33 Å². The van der Waals surface area contributed by atoms with Gasteiger partial charge in [-0.25, -0.2) is 0 Å². The zero-order valence-corrected chi connectivity index (χ0v) is 15.6. The van der Waals surface area contributed by atoms with Gasteiger partial charge >= 0.3 is 12.4 Å². The predicted octanol–water partition coefficient (Wildman–Crippen LogP) is 6.41. The lowest BCUT2D eigenvalue weighted by molar-refractivity contribution is -0.138. The molecule has 0 aliphatic heterocycles. The summed E-state index contributed by atoms with van der Waals surface area (Å²) in [5.74, 6) is 0. The molecule has 0 amide bonds. The maximum Gasteiger partial charge on any atom is 0.416 e. The SMILES string of the molecule is Cc1cc(CBr)cc(C(F)(F)F)c1.Cc1cc(CO)cc(C(F)(F)F)c1. The minimum absolute atomic E-state index is 0.285. The number of hydrogen-bond acceptors (Lipinski definition) is 1. The first kappa shape index (κ1) is 22.5. The smallest absolute Gasteiger partial charge is 0.392 e. The van der Waals surface area contributed by atoms with Gasteiger partial charge in [0.05, 0.1) is 17.7 Å². The maximum absolute atomic E-state index is 12.3. The fourth-order valence-corrected chi connectivity index (χ4v) is 2.54. The first-order chi connectivity index (χ1) is 11.9. The van der Waals surface area contributed by atoms with E-state index < -0.39 is 23.5 Å². The van der Waals surface area contributed by atoms with Crippen LogP contribution < -0.4 is 0 Å². The van der Waals surface area contributed by atoms with E-state index >= 15 is 0 Å². The van der Waals surface area contributed by atoms with Crippen LogP contribution in [0, 0.1) is 13.8 Å². The number of aliphatic hydroxyl groups is 1. The van der Waals surface area contributed by atoms with Gasteiger partial charge in [-0.1, -0.05) is 39.2 Å². The van der Waals surface area contributed by atoms with E-state index in [0.717, 1.165) is 24.3 Å². The van der Waals surface area contributed by atoms with Crippen molar-refractivity contribution < 1.29 is 31.4 Å². The van der Waals surface area contributed by atoms with Crippen LogP contribution in [0.15, 0.2) is 36.4 Å². The summed E-state index contributed by atoms with van der Waals surface area (Å²) in [5, 5.41) is 9.13. The molecule has 1 nitrogen and oxygen atoms in total. The fraction of sp³-hybridized carbons (Fsp3) is 0.333. The van der Waals surface area contributed by atoms with Crippen LogP contribution in [-0.2, 0) is 24.3 Å². The van der Waals surface area contributed by atoms with Crippen molar-refractivity contribution in [1.29, 1.82) is 0 Å². The van der Waals surface area contributed by atoms with Gasteiger partial charge in [0.15, 0.2) is 0 Å². The summed E-state index contributed by atoms with van der Waals surface area (Å²) in [7, 11) is 0. The summed E-state index contributed by atoms with van der Waals surface area (Å²) in [4.78, 5) is 0. The van der Waals surface area contributed by atoms with Gasteiger partial charge in [0.25, 0.3) is 0 Å². The Kier molecular flexibility index (Phi) is 7.70. The Bertz CT molecular complexity index is 674. The Morgan fingerprint density at radius 2 is 1.12 bits per heavy atom. The van der Waals surface area contributed by atoms with Crippen molar-refractivity contribution in [3.63, 3.8) is 0 Å². The van der Waals surface area contributed by atoms with E-state index in [0.29, 0.717) is 22.0 Å². The molecule has 0 aliphatic carbocycles. The number of benzene rings is 2. The molecule has 144 valence electrons. The minimum atomic E-state index is -4.34. The minimum Gasteiger partial charge on any atom is -0.392 e. The molecule has 0 bridgehead atoms. The molecule has 0 saturated carbocycles. The first-order valence-corrected chi connectivity index (χ1v) is 8.51. The largest absolute Gasteiger partial charge is 0.416 e. The Morgan fingerprint density at radius 1 is 0.731 bits per heavy atom. The Morgan fingerprint density at radius 3 is 1.46 bits per heavy atom. The lowest BCUT2D eigenvalue weighted by Crippen LogP contribution is -2.06. The maximum atomic E-state index is 12.3. The van der Waals surface area contributed by atoms with E-state index in [9.17, 15) is 26.3 Å². The monoisotopic (exact) mass is 442 g/mol. The summed E-state index contributed by atoms with van der Waals surface area (Å²) >= 11 is 3.13. The molecule has 1 N–H and O–H groups in total. The van der Waals surface area contributed by atoms with Crippen molar-refractivity contribution in [3.8, 4) is 0 Å². The Balaban J connectivity index is 0.000000260. The van der Waals surface area contributed by atoms with Crippen LogP contribution in [0.25, 0.3) is 0 Å². The molecule has 0 fully saturated rings. The molecule has 8 heteroatoms. The molecule has 0 aliphatic rings. The van der Waals surface area contributed by atoms with Crippen molar-refractivity contribution in [3.05, 3.63) is 69.8 Å². The summed E-state index contributed by atoms with van der Waals surface area (Å²) in [6.07, 6.45) is -8.58. The normalized spacial score (nSPS) is 11.8. The third-order valence-corrected chi connectivity index (χ3v) is 3.91. The van der Waals surface area contributed by atoms with Crippen LogP contribution in [0.1, 0.15) is 33.4 Å². The number of alkyl halides is 7. The van der Waals surface area contributed by atoms with Crippen molar-refractivity contribution >= 4 is 15.9 Å². The quantitative estimate of drug-likeness (QED) is 0.420. The molecular weight excluding hydrogens is 426 g/mol. The summed E-state index contributed by atoms with van der Waals surface area (Å²) in [5.41, 5.74) is 0.765. The number of halogens is 7. The van der Waals surface area contributed by atoms with Crippen molar-refractivity contribution in [2.45, 2.75) is 38.1 Å². The second-order valence-corrected chi connectivity index (χ2v) is 6.26. The van der Waals surface area contributed by atoms with Gasteiger partial charge in [-0.2, -0.15) is 26.3 Å². The van der Waals surface area contributed by atoms with Gasteiger partial charge in [0.1, 0.15) is 0 Å². The zero-order chi connectivity index (χ0) is 20.1. The molecule has 0 radical (unpaired) electrons. The lowest BCUT2D eigenvalue weighted by Gasteiger charge is -2.09. The number of aryl methyl sites for hydroxylation is 2. The topological polar surface area (TPSA) is 20.2 Å². The van der Waals surface area contributed by atoms with Crippen molar-refractivity contribution in [2.24, 2.45) is 0 Å². The summed E-state index contributed by atoms with van der Waals surface area (Å²) < 4.78 is 73.4. The van der Waals surface area contributed by atoms with Crippen LogP contribution in [0.3, 0.4) is 0 Å². The van der Waals surface area contributed by atoms with Gasteiger partial charge < -0.3 is 5.11 Å². The molecule has 2 rings (SSSR count). The molecule has 2 aromatic rings. The highest BCUT2D eigenvalue weighted by atomic mass is 79.9. The molecule has 26 heavy (non-hydrogen) atoms. The zero-order valence-electron chi connectivity index (χ0n) is 14.0. The number of hydrogen-bond donors (Lipinski definition) is 1. The Hall–Kier alpha value is -1.54. The molecule has 0 aromatic heterocycles. The van der Waals surface area contributed by atoms with E-state index in [-0.39, 0.29) is 12.2 Å². The highest BCUT2D eigenvalue weighted by molar-refractivity contribution is 9.08. The van der Waals surface area contributed by atoms with E-state index in [2.05, 4.69) is 15.9 Å². The molecule has 0 spiro atoms. The van der Waals surface area contributed by atoms with Gasteiger partial charge in [0.2, 0.25) is 0 Å². The van der Waals surface area contributed by atoms with Crippen LogP contribution in [0.2, 0.25) is 0 Å². The second-order valence-electron chi connectivity index (χ2n) is 5.70. The summed E-state index contributed by atoms with van der Waals surface area (Å²) in [6, 6.07) is 7.55. The number of aliphatic hydroxyl groups excluding tert-OH is 1. The second kappa shape index (κ2) is 8.90. The van der Waals surface area contributed by atoms with Gasteiger partial charge in [-0.15, -0.1) is 0 Å². The summed E-state index contributed by atoms with van der Waals surface area (Å²) in [6.45, 7) is 2.85. The first-order valence-electron chi connectivity index (χ1n) is 7.39. The van der Waals surface area contributed by atoms with Crippen LogP contribution in [0.4, 0.5) is 26.3 Å². The fourth-order valence-electron chi connectivity index (χ4n) is 2.22. The molecular formula is C18H17BrF6O. The highest BCUT2D eigenvalue weighted by Crippen LogP contribution is 2.31. The molecule has 0 unspecified atom stereocenters. The average molecular weight is 443 g/mol. The molecule has 2 aromatic carbocycles. The van der Waals surface area contributed by atoms with Gasteiger partial charge in [-0.05, 0) is 49.2 Å². The highest BCUT2D eigenvalue weighted by Gasteiger charge is 2.31. The van der Waals surface area contributed by atoms with Crippen molar-refractivity contribution in [2.75, 3.05) is 0 Å². The van der Waals surface area contributed by atoms with Crippen LogP contribution in [-0.4, -0.2) is 5.11 Å². The van der Waals surface area contributed by atoms with Gasteiger partial charge in [-0.3, -0.25) is 0 Å². The van der Waals surface area contributed by atoms with E-state index in [1.165, 1.54) is 6.07 Å². The predicted molar refractivity (Wildman–Crippen MR) is 90.9 cm³/mol. The van der Waals surface area contributed by atoms with E-state index in [1.54, 1.807) is 19.9 Å². The van der Waals surface area contributed by atoms with E-state index in [4.69, 9.17) is 5.11 Å². The third kappa shape index (κ3) is 6.99. The molecule has 0 heterocycles. The van der Waals surface area contributed by atoms with E-state index in [1.807, 2.05) is 0 Å². The van der Waals surface area contributed by atoms with Crippen LogP contribution >= 0.6 is 15.9 Å². The Labute approximate surface area is 155 Å².